The van der Waals surface area contributed by atoms with E-state index < -0.39 is 0 Å². The van der Waals surface area contributed by atoms with E-state index in [0.29, 0.717) is 4.47 Å². The van der Waals surface area contributed by atoms with E-state index in [1.807, 2.05) is 20.8 Å². The van der Waals surface area contributed by atoms with Crippen molar-refractivity contribution in [2.75, 3.05) is 0 Å². The summed E-state index contributed by atoms with van der Waals surface area (Å²) in [5, 5.41) is 4.27. The van der Waals surface area contributed by atoms with Crippen LogP contribution >= 0.6 is 15.9 Å². The Labute approximate surface area is 101 Å². The van der Waals surface area contributed by atoms with Gasteiger partial charge >= 0.3 is 0 Å². The Kier molecular flexibility index (Phi) is 2.80. The molecule has 2 aromatic heterocycles. The van der Waals surface area contributed by atoms with E-state index in [9.17, 15) is 4.39 Å². The van der Waals surface area contributed by atoms with Crippen molar-refractivity contribution in [1.82, 2.24) is 14.8 Å². The molecule has 2 rings (SSSR count). The lowest BCUT2D eigenvalue weighted by Gasteiger charge is -2.04. The lowest BCUT2D eigenvalue weighted by molar-refractivity contribution is 0.596. The SMILES string of the molecule is Cc1nn(-c2ncc(Br)cc2F)c(C)c1C. The number of aromatic nitrogens is 3. The van der Waals surface area contributed by atoms with Crippen LogP contribution in [-0.4, -0.2) is 14.8 Å². The van der Waals surface area contributed by atoms with Gasteiger partial charge in [0.2, 0.25) is 0 Å². The monoisotopic (exact) mass is 283 g/mol. The van der Waals surface area contributed by atoms with Crippen molar-refractivity contribution in [3.63, 3.8) is 0 Å². The number of hydrogen-bond donors (Lipinski definition) is 0. The molecule has 0 atom stereocenters. The summed E-state index contributed by atoms with van der Waals surface area (Å²) in [6, 6.07) is 1.38. The summed E-state index contributed by atoms with van der Waals surface area (Å²) in [4.78, 5) is 4.04. The molecular formula is C11H11BrFN3. The third-order valence-electron chi connectivity index (χ3n) is 2.64. The van der Waals surface area contributed by atoms with Gasteiger partial charge in [0, 0.05) is 16.4 Å². The van der Waals surface area contributed by atoms with Gasteiger partial charge in [-0.3, -0.25) is 0 Å². The van der Waals surface area contributed by atoms with Gasteiger partial charge in [0.25, 0.3) is 0 Å². The topological polar surface area (TPSA) is 30.7 Å². The molecule has 0 aromatic carbocycles. The number of halogens is 2. The first-order chi connectivity index (χ1) is 7.50. The Morgan fingerprint density at radius 3 is 2.50 bits per heavy atom. The average Bonchev–Trinajstić information content (AvgIpc) is 2.46. The van der Waals surface area contributed by atoms with Crippen molar-refractivity contribution >= 4 is 15.9 Å². The van der Waals surface area contributed by atoms with Crippen molar-refractivity contribution in [3.05, 3.63) is 39.5 Å². The molecule has 3 nitrogen and oxygen atoms in total. The summed E-state index contributed by atoms with van der Waals surface area (Å²) in [5.74, 6) is -0.156. The molecule has 0 saturated carbocycles. The van der Waals surface area contributed by atoms with Crippen LogP contribution in [-0.2, 0) is 0 Å². The van der Waals surface area contributed by atoms with Crippen LogP contribution in [0.25, 0.3) is 5.82 Å². The van der Waals surface area contributed by atoms with Crippen LogP contribution in [0.1, 0.15) is 17.0 Å². The maximum absolute atomic E-state index is 13.7. The lowest BCUT2D eigenvalue weighted by Crippen LogP contribution is -2.05. The van der Waals surface area contributed by atoms with Gasteiger partial charge in [-0.05, 0) is 48.3 Å². The molecule has 84 valence electrons. The zero-order valence-electron chi connectivity index (χ0n) is 9.25. The number of aryl methyl sites for hydroxylation is 1. The van der Waals surface area contributed by atoms with Crippen molar-refractivity contribution in [1.29, 1.82) is 0 Å². The minimum atomic E-state index is -0.389. The Hall–Kier alpha value is -1.23. The molecule has 0 aliphatic rings. The molecule has 0 aliphatic carbocycles. The molecule has 5 heteroatoms. The first-order valence-corrected chi connectivity index (χ1v) is 5.64. The van der Waals surface area contributed by atoms with E-state index in [0.717, 1.165) is 17.0 Å². The molecule has 2 heterocycles. The molecule has 0 spiro atoms. The second-order valence-corrected chi connectivity index (χ2v) is 4.58. The minimum Gasteiger partial charge on any atom is -0.233 e. The fraction of sp³-hybridized carbons (Fsp3) is 0.273. The Morgan fingerprint density at radius 2 is 2.00 bits per heavy atom. The number of hydrogen-bond acceptors (Lipinski definition) is 2. The maximum Gasteiger partial charge on any atom is 0.189 e. The van der Waals surface area contributed by atoms with Crippen LogP contribution in [0.2, 0.25) is 0 Å². The smallest absolute Gasteiger partial charge is 0.189 e. The van der Waals surface area contributed by atoms with Gasteiger partial charge in [-0.25, -0.2) is 14.1 Å². The minimum absolute atomic E-state index is 0.233. The van der Waals surface area contributed by atoms with Crippen LogP contribution in [0.5, 0.6) is 0 Å². The molecule has 0 fully saturated rings. The third-order valence-corrected chi connectivity index (χ3v) is 3.08. The quantitative estimate of drug-likeness (QED) is 0.805. The molecule has 0 amide bonds. The van der Waals surface area contributed by atoms with Crippen LogP contribution in [0, 0.1) is 26.6 Å². The molecule has 0 unspecified atom stereocenters. The van der Waals surface area contributed by atoms with E-state index >= 15 is 0 Å². The molecule has 0 saturated heterocycles. The summed E-state index contributed by atoms with van der Waals surface area (Å²) in [5.41, 5.74) is 2.86. The highest BCUT2D eigenvalue weighted by molar-refractivity contribution is 9.10. The highest BCUT2D eigenvalue weighted by Gasteiger charge is 2.13. The van der Waals surface area contributed by atoms with E-state index in [2.05, 4.69) is 26.0 Å². The Morgan fingerprint density at radius 1 is 1.31 bits per heavy atom. The van der Waals surface area contributed by atoms with Crippen molar-refractivity contribution < 1.29 is 4.39 Å². The van der Waals surface area contributed by atoms with Crippen molar-refractivity contribution in [2.24, 2.45) is 0 Å². The Balaban J connectivity index is 2.63. The number of nitrogens with zero attached hydrogens (tertiary/aromatic N) is 3. The maximum atomic E-state index is 13.7. The summed E-state index contributed by atoms with van der Waals surface area (Å²) in [6.45, 7) is 5.76. The predicted octanol–water partition coefficient (Wildman–Crippen LogP) is 3.09. The van der Waals surface area contributed by atoms with E-state index in [4.69, 9.17) is 0 Å². The van der Waals surface area contributed by atoms with Gasteiger partial charge < -0.3 is 0 Å². The van der Waals surface area contributed by atoms with Crippen LogP contribution in [0.15, 0.2) is 16.7 Å². The zero-order valence-corrected chi connectivity index (χ0v) is 10.8. The first kappa shape index (κ1) is 11.3. The third kappa shape index (κ3) is 1.75. The van der Waals surface area contributed by atoms with Crippen LogP contribution in [0.3, 0.4) is 0 Å². The lowest BCUT2D eigenvalue weighted by atomic mass is 10.2. The van der Waals surface area contributed by atoms with Gasteiger partial charge in [-0.15, -0.1) is 0 Å². The van der Waals surface area contributed by atoms with Gasteiger partial charge in [0.1, 0.15) is 0 Å². The highest BCUT2D eigenvalue weighted by atomic mass is 79.9. The van der Waals surface area contributed by atoms with Crippen LogP contribution in [0.4, 0.5) is 4.39 Å². The molecule has 0 aliphatic heterocycles. The van der Waals surface area contributed by atoms with Gasteiger partial charge in [0.05, 0.1) is 5.69 Å². The first-order valence-electron chi connectivity index (χ1n) is 4.85. The second-order valence-electron chi connectivity index (χ2n) is 3.67. The molecule has 2 aromatic rings. The summed E-state index contributed by atoms with van der Waals surface area (Å²) in [6.07, 6.45) is 1.56. The fourth-order valence-corrected chi connectivity index (χ4v) is 1.79. The molecule has 16 heavy (non-hydrogen) atoms. The van der Waals surface area contributed by atoms with Gasteiger partial charge in [-0.1, -0.05) is 0 Å². The van der Waals surface area contributed by atoms with E-state index in [1.165, 1.54) is 10.7 Å². The highest BCUT2D eigenvalue weighted by Crippen LogP contribution is 2.19. The summed E-state index contributed by atoms with van der Waals surface area (Å²) < 4.78 is 15.9. The zero-order chi connectivity index (χ0) is 11.9. The predicted molar refractivity (Wildman–Crippen MR) is 63.2 cm³/mol. The fourth-order valence-electron chi connectivity index (χ4n) is 1.49. The molecule has 0 radical (unpaired) electrons. The number of rotatable bonds is 1. The second kappa shape index (κ2) is 3.97. The largest absolute Gasteiger partial charge is 0.233 e. The van der Waals surface area contributed by atoms with Gasteiger partial charge in [-0.2, -0.15) is 5.10 Å². The van der Waals surface area contributed by atoms with Crippen LogP contribution < -0.4 is 0 Å². The van der Waals surface area contributed by atoms with E-state index in [1.54, 1.807) is 6.20 Å². The molecule has 0 bridgehead atoms. The van der Waals surface area contributed by atoms with Crippen molar-refractivity contribution in [2.45, 2.75) is 20.8 Å². The molecule has 0 N–H and O–H groups in total. The normalized spacial score (nSPS) is 10.8. The Bertz CT molecular complexity index is 548. The van der Waals surface area contributed by atoms with Gasteiger partial charge in [0.15, 0.2) is 11.6 Å². The molecular weight excluding hydrogens is 273 g/mol. The standard InChI is InChI=1S/C11H11BrFN3/c1-6-7(2)15-16(8(6)3)11-10(13)4-9(12)5-14-11/h4-5H,1-3H3. The number of pyridine rings is 1. The van der Waals surface area contributed by atoms with E-state index in [-0.39, 0.29) is 11.6 Å². The average molecular weight is 284 g/mol. The summed E-state index contributed by atoms with van der Waals surface area (Å²) >= 11 is 3.17. The summed E-state index contributed by atoms with van der Waals surface area (Å²) in [7, 11) is 0. The van der Waals surface area contributed by atoms with Crippen molar-refractivity contribution in [3.8, 4) is 5.82 Å².